The summed E-state index contributed by atoms with van der Waals surface area (Å²) in [6, 6.07) is 0.482. The molecule has 0 radical (unpaired) electrons. The predicted octanol–water partition coefficient (Wildman–Crippen LogP) is 0.493. The second-order valence-electron chi connectivity index (χ2n) is 3.45. The lowest BCUT2D eigenvalue weighted by Crippen LogP contribution is -2.31. The van der Waals surface area contributed by atoms with Gasteiger partial charge in [-0.05, 0) is 0 Å². The van der Waals surface area contributed by atoms with Crippen LogP contribution in [0.25, 0.3) is 0 Å². The normalized spacial score (nSPS) is 12.8. The zero-order valence-corrected chi connectivity index (χ0v) is 8.68. The van der Waals surface area contributed by atoms with Gasteiger partial charge in [-0.25, -0.2) is 0 Å². The molecule has 4 heteroatoms. The molecule has 0 aliphatic rings. The van der Waals surface area contributed by atoms with Crippen molar-refractivity contribution < 1.29 is 9.90 Å². The van der Waals surface area contributed by atoms with Gasteiger partial charge in [0.2, 0.25) is 0 Å². The Bertz CT molecular complexity index is 106. The fourth-order valence-electron chi connectivity index (χ4n) is 0.482. The number of carboxylic acids is 1. The van der Waals surface area contributed by atoms with Crippen LogP contribution >= 0.6 is 0 Å². The molecule has 0 aromatic heterocycles. The van der Waals surface area contributed by atoms with Crippen molar-refractivity contribution in [2.24, 2.45) is 0 Å². The molecule has 0 unspecified atom stereocenters. The van der Waals surface area contributed by atoms with Crippen molar-refractivity contribution in [3.05, 3.63) is 0 Å². The summed E-state index contributed by atoms with van der Waals surface area (Å²) < 4.78 is 0. The summed E-state index contributed by atoms with van der Waals surface area (Å²) in [4.78, 5) is 10.1. The highest BCUT2D eigenvalue weighted by atomic mass is 29.2. The van der Waals surface area contributed by atoms with E-state index in [4.69, 9.17) is 5.11 Å². The molecule has 1 N–H and O–H groups in total. The number of hydrogen-bond donors (Lipinski definition) is 1. The van der Waals surface area contributed by atoms with Crippen molar-refractivity contribution in [1.82, 2.24) is 0 Å². The van der Waals surface area contributed by atoms with Gasteiger partial charge >= 0.3 is 0 Å². The average molecular weight is 162 g/mol. The van der Waals surface area contributed by atoms with Crippen molar-refractivity contribution in [3.63, 3.8) is 0 Å². The summed E-state index contributed by atoms with van der Waals surface area (Å²) >= 11 is 0. The lowest BCUT2D eigenvalue weighted by atomic mass is 10.8. The molecule has 2 nitrogen and oxygen atoms in total. The van der Waals surface area contributed by atoms with Gasteiger partial charge in [-0.2, -0.15) is 0 Å². The molecular weight excluding hydrogens is 148 g/mol. The number of rotatable bonds is 3. The Balaban J connectivity index is 3.39. The molecule has 0 atom stereocenters. The molecule has 0 aliphatic carbocycles. The van der Waals surface area contributed by atoms with Crippen LogP contribution < -0.4 is 0 Å². The fourth-order valence-corrected chi connectivity index (χ4v) is 4.34. The highest BCUT2D eigenvalue weighted by molar-refractivity contribution is 7.23. The van der Waals surface area contributed by atoms with Gasteiger partial charge in [-0.3, -0.25) is 4.79 Å². The van der Waals surface area contributed by atoms with E-state index < -0.39 is 13.6 Å². The second-order valence-corrected chi connectivity index (χ2v) is 17.4. The first-order chi connectivity index (χ1) is 3.92. The lowest BCUT2D eigenvalue weighted by molar-refractivity contribution is -0.134. The number of carboxylic acid groups (broad SMARTS) is 1. The first kappa shape index (κ1) is 8.90. The molecule has 0 heterocycles. The second kappa shape index (κ2) is 3.17. The van der Waals surface area contributed by atoms with Crippen LogP contribution in [-0.2, 0) is 4.79 Å². The minimum absolute atomic E-state index is 0.258. The zero-order chi connectivity index (χ0) is 7.49. The van der Waals surface area contributed by atoms with Crippen LogP contribution in [0, 0.1) is 0 Å². The lowest BCUT2D eigenvalue weighted by Gasteiger charge is -2.11. The highest BCUT2D eigenvalue weighted by Gasteiger charge is 2.14. The Labute approximate surface area is 58.9 Å². The van der Waals surface area contributed by atoms with Crippen molar-refractivity contribution in [2.45, 2.75) is 25.7 Å². The van der Waals surface area contributed by atoms with Gasteiger partial charge in [-0.1, -0.05) is 19.6 Å². The fraction of sp³-hybridized carbons (Fsp3) is 0.800. The Hall–Kier alpha value is -0.0962. The van der Waals surface area contributed by atoms with Crippen molar-refractivity contribution in [1.29, 1.82) is 0 Å². The minimum Gasteiger partial charge on any atom is -0.481 e. The van der Waals surface area contributed by atoms with Crippen LogP contribution in [0.5, 0.6) is 0 Å². The van der Waals surface area contributed by atoms with Crippen molar-refractivity contribution in [2.75, 3.05) is 0 Å². The van der Waals surface area contributed by atoms with E-state index in [1.54, 1.807) is 0 Å². The SMILES string of the molecule is C[Si](C)(C)[SiH2]CC(=O)O. The standard InChI is InChI=1S/C5H14O2Si2/c1-9(2,3)8-4-5(6)7/h4,8H2,1-3H3,(H,6,7). The Kier molecular flexibility index (Phi) is 3.13. The molecule has 0 saturated heterocycles. The summed E-state index contributed by atoms with van der Waals surface area (Å²) in [6.45, 7) is 6.71. The molecule has 0 amide bonds. The van der Waals surface area contributed by atoms with Gasteiger partial charge in [0, 0.05) is 22.7 Å². The van der Waals surface area contributed by atoms with Crippen LogP contribution in [0.3, 0.4) is 0 Å². The largest absolute Gasteiger partial charge is 0.481 e. The van der Waals surface area contributed by atoms with E-state index in [0.29, 0.717) is 6.04 Å². The zero-order valence-electron chi connectivity index (χ0n) is 6.27. The third-order valence-electron chi connectivity index (χ3n) is 1.09. The van der Waals surface area contributed by atoms with Crippen LogP contribution in [0.2, 0.25) is 25.7 Å². The number of aliphatic carboxylic acids is 1. The topological polar surface area (TPSA) is 37.3 Å². The first-order valence-corrected chi connectivity index (χ1v) is 9.96. The molecular formula is C5H14O2Si2. The summed E-state index contributed by atoms with van der Waals surface area (Å²) in [5.41, 5.74) is 0. The number of hydrogen-bond acceptors (Lipinski definition) is 1. The molecule has 0 saturated carbocycles. The van der Waals surface area contributed by atoms with Gasteiger partial charge < -0.3 is 5.11 Å². The van der Waals surface area contributed by atoms with Crippen LogP contribution in [0.15, 0.2) is 0 Å². The van der Waals surface area contributed by atoms with Gasteiger partial charge in [0.25, 0.3) is 5.97 Å². The molecule has 0 bridgehead atoms. The Morgan fingerprint density at radius 2 is 2.00 bits per heavy atom. The maximum Gasteiger partial charge on any atom is 0.299 e. The maximum atomic E-state index is 10.1. The predicted molar refractivity (Wildman–Crippen MR) is 44.3 cm³/mol. The summed E-state index contributed by atoms with van der Waals surface area (Å²) in [5.74, 6) is -0.607. The average Bonchev–Trinajstić information content (AvgIpc) is 1.59. The molecule has 9 heavy (non-hydrogen) atoms. The first-order valence-electron chi connectivity index (χ1n) is 3.13. The molecule has 54 valence electrons. The third-order valence-corrected chi connectivity index (χ3v) is 8.52. The summed E-state index contributed by atoms with van der Waals surface area (Å²) in [7, 11) is -1.22. The van der Waals surface area contributed by atoms with E-state index in [0.717, 1.165) is 0 Å². The molecule has 0 spiro atoms. The number of carbonyl (C=O) groups is 1. The van der Waals surface area contributed by atoms with Crippen LogP contribution in [0.1, 0.15) is 0 Å². The Morgan fingerprint density at radius 1 is 1.56 bits per heavy atom. The van der Waals surface area contributed by atoms with Crippen LogP contribution in [0.4, 0.5) is 0 Å². The van der Waals surface area contributed by atoms with E-state index in [1.807, 2.05) is 0 Å². The molecule has 0 aromatic carbocycles. The maximum absolute atomic E-state index is 10.1. The van der Waals surface area contributed by atoms with Crippen molar-refractivity contribution in [3.8, 4) is 0 Å². The van der Waals surface area contributed by atoms with Gasteiger partial charge in [0.15, 0.2) is 0 Å². The Morgan fingerprint density at radius 3 is 2.11 bits per heavy atom. The van der Waals surface area contributed by atoms with E-state index in [9.17, 15) is 4.79 Å². The van der Waals surface area contributed by atoms with Gasteiger partial charge in [-0.15, -0.1) is 0 Å². The minimum atomic E-state index is -0.962. The van der Waals surface area contributed by atoms with Gasteiger partial charge in [0.1, 0.15) is 0 Å². The third kappa shape index (κ3) is 7.90. The van der Waals surface area contributed by atoms with Gasteiger partial charge in [0.05, 0.1) is 0 Å². The van der Waals surface area contributed by atoms with E-state index in [2.05, 4.69) is 19.6 Å². The van der Waals surface area contributed by atoms with E-state index >= 15 is 0 Å². The molecule has 0 fully saturated rings. The molecule has 0 rings (SSSR count). The van der Waals surface area contributed by atoms with Crippen molar-refractivity contribution >= 4 is 22.6 Å². The smallest absolute Gasteiger partial charge is 0.299 e. The summed E-state index contributed by atoms with van der Waals surface area (Å²) in [5, 5.41) is 8.33. The monoisotopic (exact) mass is 162 g/mol. The molecule has 0 aromatic rings. The van der Waals surface area contributed by atoms with E-state index in [1.165, 1.54) is 0 Å². The summed E-state index contributed by atoms with van der Waals surface area (Å²) in [6.07, 6.45) is 0. The highest BCUT2D eigenvalue weighted by Crippen LogP contribution is 1.99. The quantitative estimate of drug-likeness (QED) is 0.613. The van der Waals surface area contributed by atoms with E-state index in [-0.39, 0.29) is 9.04 Å². The molecule has 0 aliphatic heterocycles. The van der Waals surface area contributed by atoms with Crippen LogP contribution in [-0.4, -0.2) is 27.7 Å².